The fourth-order valence-electron chi connectivity index (χ4n) is 5.36. The molecular weight excluding hydrogens is 463 g/mol. The Bertz CT molecular complexity index is 1480. The van der Waals surface area contributed by atoms with E-state index in [1.807, 2.05) is 6.07 Å². The van der Waals surface area contributed by atoms with Gasteiger partial charge in [-0.2, -0.15) is 4.39 Å². The van der Waals surface area contributed by atoms with Crippen molar-refractivity contribution in [3.63, 3.8) is 0 Å². The first-order valence-corrected chi connectivity index (χ1v) is 11.4. The molecule has 34 heavy (non-hydrogen) atoms. The van der Waals surface area contributed by atoms with E-state index in [0.29, 0.717) is 28.3 Å². The predicted octanol–water partition coefficient (Wildman–Crippen LogP) is 6.49. The molecule has 4 nitrogen and oxygen atoms in total. The molecule has 1 aliphatic carbocycles. The molecule has 0 saturated heterocycles. The molecule has 3 aliphatic rings. The first-order chi connectivity index (χ1) is 16.3. The Morgan fingerprint density at radius 1 is 1.12 bits per heavy atom. The van der Waals surface area contributed by atoms with E-state index in [1.165, 1.54) is 24.3 Å². The molecule has 1 fully saturated rings. The van der Waals surface area contributed by atoms with Gasteiger partial charge in [0.2, 0.25) is 5.95 Å². The number of nitrogens with zero attached hydrogens (tertiary/aromatic N) is 3. The molecule has 8 heteroatoms. The van der Waals surface area contributed by atoms with Gasteiger partial charge in [0.15, 0.2) is 0 Å². The number of hydrogen-bond donors (Lipinski definition) is 0. The summed E-state index contributed by atoms with van der Waals surface area (Å²) >= 11 is 6.08. The number of alkyl halides is 2. The highest BCUT2D eigenvalue weighted by Crippen LogP contribution is 2.60. The van der Waals surface area contributed by atoms with Crippen molar-refractivity contribution in [3.05, 3.63) is 92.5 Å². The van der Waals surface area contributed by atoms with E-state index in [9.17, 15) is 18.0 Å². The second kappa shape index (κ2) is 7.67. The van der Waals surface area contributed by atoms with Gasteiger partial charge in [0.25, 0.3) is 12.0 Å². The van der Waals surface area contributed by atoms with Crippen LogP contribution in [0.2, 0.25) is 5.02 Å². The van der Waals surface area contributed by atoms with Crippen LogP contribution in [0.3, 0.4) is 0 Å². The van der Waals surface area contributed by atoms with Gasteiger partial charge in [0.05, 0.1) is 6.04 Å². The van der Waals surface area contributed by atoms with Crippen LogP contribution in [-0.4, -0.2) is 15.3 Å². The van der Waals surface area contributed by atoms with Gasteiger partial charge in [-0.1, -0.05) is 17.7 Å². The summed E-state index contributed by atoms with van der Waals surface area (Å²) in [6.07, 6.45) is 0.311. The van der Waals surface area contributed by atoms with Gasteiger partial charge >= 0.3 is 0 Å². The largest absolute Gasteiger partial charge is 0.303 e. The summed E-state index contributed by atoms with van der Waals surface area (Å²) in [7, 11) is 0. The van der Waals surface area contributed by atoms with E-state index in [4.69, 9.17) is 11.6 Å². The molecule has 2 aliphatic heterocycles. The normalized spacial score (nSPS) is 22.5. The molecule has 3 atom stereocenters. The number of halogens is 4. The van der Waals surface area contributed by atoms with Crippen molar-refractivity contribution >= 4 is 22.9 Å². The van der Waals surface area contributed by atoms with E-state index in [-0.39, 0.29) is 34.6 Å². The van der Waals surface area contributed by atoms with Crippen molar-refractivity contribution in [2.45, 2.75) is 38.2 Å². The Morgan fingerprint density at radius 2 is 1.94 bits per heavy atom. The first kappa shape index (κ1) is 21.4. The Labute approximate surface area is 198 Å². The van der Waals surface area contributed by atoms with Crippen molar-refractivity contribution in [2.24, 2.45) is 10.9 Å². The Morgan fingerprint density at radius 3 is 2.71 bits per heavy atom. The molecule has 4 heterocycles. The van der Waals surface area contributed by atoms with E-state index < -0.39 is 12.4 Å². The maximum Gasteiger partial charge on any atom is 0.264 e. The van der Waals surface area contributed by atoms with Crippen LogP contribution in [0.5, 0.6) is 0 Å². The molecule has 0 radical (unpaired) electrons. The van der Waals surface area contributed by atoms with Crippen LogP contribution in [0, 0.1) is 18.8 Å². The molecule has 2 aromatic heterocycles. The number of hydrogen-bond acceptors (Lipinski definition) is 3. The highest BCUT2D eigenvalue weighted by atomic mass is 35.5. The van der Waals surface area contributed by atoms with Crippen LogP contribution in [0.25, 0.3) is 16.7 Å². The lowest BCUT2D eigenvalue weighted by atomic mass is 9.98. The van der Waals surface area contributed by atoms with Crippen molar-refractivity contribution in [2.75, 3.05) is 0 Å². The zero-order chi connectivity index (χ0) is 23.7. The third kappa shape index (κ3) is 3.33. The lowest BCUT2D eigenvalue weighted by molar-refractivity contribution is 0.152. The molecule has 6 rings (SSSR count). The predicted molar refractivity (Wildman–Crippen MR) is 125 cm³/mol. The van der Waals surface area contributed by atoms with Gasteiger partial charge in [-0.25, -0.2) is 13.8 Å². The molecule has 0 amide bonds. The maximum absolute atomic E-state index is 14.4. The first-order valence-electron chi connectivity index (χ1n) is 11.1. The summed E-state index contributed by atoms with van der Waals surface area (Å²) in [5, 5.41) is 0.332. The minimum atomic E-state index is -2.68. The monoisotopic (exact) mass is 481 g/mol. The number of rotatable bonds is 4. The minimum Gasteiger partial charge on any atom is -0.303 e. The number of benzene rings is 1. The fraction of sp³-hybridized carbons (Fsp3) is 0.269. The molecule has 3 aromatic rings. The zero-order valence-electron chi connectivity index (χ0n) is 18.1. The standard InChI is InChI=1S/C26H19ClF3N3O/c1-12-2-4-16(26(30)32-12)14-6-21(31-11-14)24-20-10-19(20)22-7-13(8-23(34)33(22)24)18-9-15(27)3-5-17(18)25(28)29/h2-5,7-9,11,19-20,24-25H,6,10H2,1H3. The summed E-state index contributed by atoms with van der Waals surface area (Å²) in [5.41, 5.74) is 3.69. The van der Waals surface area contributed by atoms with Gasteiger partial charge < -0.3 is 4.57 Å². The van der Waals surface area contributed by atoms with Gasteiger partial charge in [-0.3, -0.25) is 9.79 Å². The average molecular weight is 482 g/mol. The Balaban J connectivity index is 1.35. The highest BCUT2D eigenvalue weighted by Gasteiger charge is 2.54. The van der Waals surface area contributed by atoms with E-state index in [0.717, 1.165) is 23.4 Å². The zero-order valence-corrected chi connectivity index (χ0v) is 18.9. The van der Waals surface area contributed by atoms with Gasteiger partial charge in [0, 0.05) is 57.9 Å². The van der Waals surface area contributed by atoms with E-state index in [2.05, 4.69) is 9.98 Å². The van der Waals surface area contributed by atoms with Crippen molar-refractivity contribution < 1.29 is 13.2 Å². The quantitative estimate of drug-likeness (QED) is 0.400. The van der Waals surface area contributed by atoms with Crippen LogP contribution >= 0.6 is 11.6 Å². The summed E-state index contributed by atoms with van der Waals surface area (Å²) in [4.78, 5) is 21.7. The van der Waals surface area contributed by atoms with E-state index >= 15 is 0 Å². The highest BCUT2D eigenvalue weighted by molar-refractivity contribution is 6.30. The average Bonchev–Trinajstić information content (AvgIpc) is 3.29. The van der Waals surface area contributed by atoms with Gasteiger partial charge in [-0.05, 0) is 66.3 Å². The second-order valence-electron chi connectivity index (χ2n) is 9.10. The smallest absolute Gasteiger partial charge is 0.264 e. The molecule has 0 N–H and O–H groups in total. The van der Waals surface area contributed by atoms with Crippen molar-refractivity contribution in [3.8, 4) is 11.1 Å². The number of allylic oxidation sites excluding steroid dienone is 1. The number of aromatic nitrogens is 2. The van der Waals surface area contributed by atoms with Crippen molar-refractivity contribution in [1.82, 2.24) is 9.55 Å². The molecule has 3 unspecified atom stereocenters. The minimum absolute atomic E-state index is 0.154. The molecule has 0 bridgehead atoms. The summed E-state index contributed by atoms with van der Waals surface area (Å²) < 4.78 is 43.4. The number of fused-ring (bicyclic) bond motifs is 3. The molecule has 1 aromatic carbocycles. The third-order valence-electron chi connectivity index (χ3n) is 7.00. The summed E-state index contributed by atoms with van der Waals surface area (Å²) in [6, 6.07) is 10.7. The molecular formula is C26H19ClF3N3O. The Kier molecular flexibility index (Phi) is 4.81. The van der Waals surface area contributed by atoms with Crippen LogP contribution in [-0.2, 0) is 0 Å². The topological polar surface area (TPSA) is 47.2 Å². The van der Waals surface area contributed by atoms with Crippen LogP contribution in [0.15, 0.2) is 58.5 Å². The SMILES string of the molecule is Cc1ccc(C2=CN=C(C3C4CC4c4cc(-c5cc(Cl)ccc5C(F)F)cc(=O)n43)C2)c(F)n1. The lowest BCUT2D eigenvalue weighted by Crippen LogP contribution is -2.29. The van der Waals surface area contributed by atoms with Gasteiger partial charge in [-0.15, -0.1) is 0 Å². The maximum atomic E-state index is 14.4. The molecule has 0 spiro atoms. The van der Waals surface area contributed by atoms with Gasteiger partial charge in [0.1, 0.15) is 0 Å². The fourth-order valence-corrected chi connectivity index (χ4v) is 5.53. The Hall–Kier alpha value is -3.19. The van der Waals surface area contributed by atoms with Crippen LogP contribution in [0.4, 0.5) is 13.2 Å². The van der Waals surface area contributed by atoms with E-state index in [1.54, 1.807) is 29.8 Å². The number of aliphatic imine (C=N–C) groups is 1. The van der Waals surface area contributed by atoms with Crippen LogP contribution < -0.4 is 5.56 Å². The van der Waals surface area contributed by atoms with Crippen LogP contribution in [0.1, 0.15) is 53.7 Å². The number of pyridine rings is 2. The third-order valence-corrected chi connectivity index (χ3v) is 7.23. The summed E-state index contributed by atoms with van der Waals surface area (Å²) in [6.45, 7) is 1.73. The second-order valence-corrected chi connectivity index (χ2v) is 9.54. The molecule has 1 saturated carbocycles. The lowest BCUT2D eigenvalue weighted by Gasteiger charge is -2.20. The summed E-state index contributed by atoms with van der Waals surface area (Å²) in [5.74, 6) is -0.127. The molecule has 172 valence electrons. The van der Waals surface area contributed by atoms with Crippen molar-refractivity contribution in [1.29, 1.82) is 0 Å². The number of aryl methyl sites for hydroxylation is 1.